The normalized spacial score (nSPS) is 34.5. The van der Waals surface area contributed by atoms with Crippen molar-refractivity contribution in [3.63, 3.8) is 0 Å². The van der Waals surface area contributed by atoms with Gasteiger partial charge in [-0.2, -0.15) is 0 Å². The number of carboxylic acids is 1. The number of rotatable bonds is 1. The molecule has 1 saturated carbocycles. The van der Waals surface area contributed by atoms with E-state index in [-0.39, 0.29) is 5.97 Å². The molecular weight excluding hydrogens is 208 g/mol. The monoisotopic (exact) mass is 223 g/mol. The van der Waals surface area contributed by atoms with E-state index in [0.717, 1.165) is 25.7 Å². The van der Waals surface area contributed by atoms with Gasteiger partial charge in [0, 0.05) is 11.8 Å². The molecular formula is C12H15O4-. The first-order chi connectivity index (χ1) is 7.62. The summed E-state index contributed by atoms with van der Waals surface area (Å²) in [5.41, 5.74) is -0.565. The van der Waals surface area contributed by atoms with Crippen LogP contribution >= 0.6 is 0 Å². The van der Waals surface area contributed by atoms with Crippen LogP contribution in [0.25, 0.3) is 0 Å². The van der Waals surface area contributed by atoms with E-state index in [1.54, 1.807) is 0 Å². The zero-order valence-corrected chi connectivity index (χ0v) is 9.11. The molecule has 2 atom stereocenters. The minimum Gasteiger partial charge on any atom is -0.549 e. The van der Waals surface area contributed by atoms with Crippen molar-refractivity contribution in [3.05, 3.63) is 12.2 Å². The highest BCUT2D eigenvalue weighted by atomic mass is 16.5. The summed E-state index contributed by atoms with van der Waals surface area (Å²) >= 11 is 0. The van der Waals surface area contributed by atoms with Crippen LogP contribution in [0.4, 0.5) is 0 Å². The molecule has 1 aliphatic heterocycles. The maximum absolute atomic E-state index is 10.6. The predicted octanol–water partition coefficient (Wildman–Crippen LogP) is 0.416. The third kappa shape index (κ3) is 2.10. The van der Waals surface area contributed by atoms with Gasteiger partial charge in [-0.05, 0) is 31.6 Å². The number of fused-ring (bicyclic) bond motifs is 2. The Morgan fingerprint density at radius 2 is 2.38 bits per heavy atom. The fourth-order valence-electron chi connectivity index (χ4n) is 2.48. The second-order valence-electron chi connectivity index (χ2n) is 4.63. The van der Waals surface area contributed by atoms with Crippen LogP contribution in [0, 0.1) is 11.3 Å². The third-order valence-corrected chi connectivity index (χ3v) is 3.47. The van der Waals surface area contributed by atoms with E-state index < -0.39 is 11.4 Å². The Morgan fingerprint density at radius 1 is 1.56 bits per heavy atom. The number of hydrogen-bond donors (Lipinski definition) is 0. The maximum Gasteiger partial charge on any atom is 0.305 e. The summed E-state index contributed by atoms with van der Waals surface area (Å²) in [5.74, 6) is -0.406. The van der Waals surface area contributed by atoms with E-state index in [9.17, 15) is 14.7 Å². The Balaban J connectivity index is 0.000000138. The van der Waals surface area contributed by atoms with Gasteiger partial charge in [0.15, 0.2) is 0 Å². The maximum atomic E-state index is 10.6. The first kappa shape index (κ1) is 11.2. The van der Waals surface area contributed by atoms with Crippen molar-refractivity contribution in [1.29, 1.82) is 0 Å². The van der Waals surface area contributed by atoms with Gasteiger partial charge in [-0.15, -0.1) is 0 Å². The molecule has 0 aromatic heterocycles. The Hall–Kier alpha value is -1.32. The SMILES string of the molecule is O=C([O-])C12C=CC(CC1)C2.O=C1CCCO1. The van der Waals surface area contributed by atoms with E-state index in [1.165, 1.54) is 0 Å². The lowest BCUT2D eigenvalue weighted by Crippen LogP contribution is -2.38. The van der Waals surface area contributed by atoms with Gasteiger partial charge in [0.05, 0.1) is 12.6 Å². The van der Waals surface area contributed by atoms with Gasteiger partial charge in [0.25, 0.3) is 0 Å². The van der Waals surface area contributed by atoms with Crippen molar-refractivity contribution in [3.8, 4) is 0 Å². The number of hydrogen-bond acceptors (Lipinski definition) is 4. The number of aliphatic carboxylic acids is 1. The fraction of sp³-hybridized carbons (Fsp3) is 0.667. The van der Waals surface area contributed by atoms with Crippen molar-refractivity contribution in [2.24, 2.45) is 11.3 Å². The van der Waals surface area contributed by atoms with Crippen LogP contribution in [-0.2, 0) is 14.3 Å². The minimum atomic E-state index is -0.885. The number of ether oxygens (including phenoxy) is 1. The summed E-state index contributed by atoms with van der Waals surface area (Å²) < 4.78 is 4.51. The van der Waals surface area contributed by atoms with Crippen LogP contribution in [0.1, 0.15) is 32.1 Å². The average Bonchev–Trinajstić information content (AvgIpc) is 2.94. The van der Waals surface area contributed by atoms with E-state index in [1.807, 2.05) is 12.2 Å². The minimum absolute atomic E-state index is 0.0463. The van der Waals surface area contributed by atoms with Gasteiger partial charge in [-0.1, -0.05) is 12.2 Å². The molecule has 0 N–H and O–H groups in total. The van der Waals surface area contributed by atoms with Gasteiger partial charge in [-0.3, -0.25) is 4.79 Å². The Morgan fingerprint density at radius 3 is 2.56 bits per heavy atom. The number of allylic oxidation sites excluding steroid dienone is 1. The third-order valence-electron chi connectivity index (χ3n) is 3.47. The Labute approximate surface area is 94.3 Å². The van der Waals surface area contributed by atoms with Crippen molar-refractivity contribution >= 4 is 11.9 Å². The molecule has 2 bridgehead atoms. The molecule has 0 spiro atoms. The van der Waals surface area contributed by atoms with Gasteiger partial charge in [-0.25, -0.2) is 0 Å². The van der Waals surface area contributed by atoms with Gasteiger partial charge in [0.2, 0.25) is 0 Å². The highest BCUT2D eigenvalue weighted by Crippen LogP contribution is 2.48. The summed E-state index contributed by atoms with van der Waals surface area (Å²) in [7, 11) is 0. The van der Waals surface area contributed by atoms with Crippen molar-refractivity contribution in [1.82, 2.24) is 0 Å². The molecule has 2 fully saturated rings. The van der Waals surface area contributed by atoms with Gasteiger partial charge < -0.3 is 14.6 Å². The largest absolute Gasteiger partial charge is 0.549 e. The fourth-order valence-corrected chi connectivity index (χ4v) is 2.48. The molecule has 1 saturated heterocycles. The van der Waals surface area contributed by atoms with Crippen LogP contribution in [-0.4, -0.2) is 18.5 Å². The lowest BCUT2D eigenvalue weighted by atomic mass is 9.88. The topological polar surface area (TPSA) is 66.4 Å². The first-order valence-corrected chi connectivity index (χ1v) is 5.69. The molecule has 2 unspecified atom stereocenters. The van der Waals surface area contributed by atoms with Crippen LogP contribution in [0.5, 0.6) is 0 Å². The second-order valence-corrected chi connectivity index (χ2v) is 4.63. The van der Waals surface area contributed by atoms with Crippen LogP contribution in [0.15, 0.2) is 12.2 Å². The summed E-state index contributed by atoms with van der Waals surface area (Å²) in [6.45, 7) is 0.638. The van der Waals surface area contributed by atoms with E-state index >= 15 is 0 Å². The molecule has 0 amide bonds. The molecule has 0 aromatic rings. The first-order valence-electron chi connectivity index (χ1n) is 5.69. The highest BCUT2D eigenvalue weighted by molar-refractivity contribution is 5.76. The highest BCUT2D eigenvalue weighted by Gasteiger charge is 2.41. The number of carbonyl (C=O) groups excluding carboxylic acids is 2. The molecule has 1 heterocycles. The quantitative estimate of drug-likeness (QED) is 0.477. The van der Waals surface area contributed by atoms with E-state index in [4.69, 9.17) is 0 Å². The van der Waals surface area contributed by atoms with Crippen LogP contribution < -0.4 is 5.11 Å². The lowest BCUT2D eigenvalue weighted by molar-refractivity contribution is -0.316. The summed E-state index contributed by atoms with van der Waals surface area (Å²) in [6, 6.07) is 0. The molecule has 4 nitrogen and oxygen atoms in total. The molecule has 4 heteroatoms. The van der Waals surface area contributed by atoms with Crippen LogP contribution in [0.2, 0.25) is 0 Å². The molecule has 88 valence electrons. The van der Waals surface area contributed by atoms with Crippen molar-refractivity contribution in [2.45, 2.75) is 32.1 Å². The Bertz CT molecular complexity index is 326. The molecule has 0 radical (unpaired) electrons. The number of carboxylic acid groups (broad SMARTS) is 1. The number of esters is 1. The smallest absolute Gasteiger partial charge is 0.305 e. The van der Waals surface area contributed by atoms with Crippen molar-refractivity contribution < 1.29 is 19.4 Å². The summed E-state index contributed by atoms with van der Waals surface area (Å²) in [4.78, 5) is 20.6. The zero-order valence-electron chi connectivity index (χ0n) is 9.11. The Kier molecular flexibility index (Phi) is 2.99. The number of carbonyl (C=O) groups is 2. The van der Waals surface area contributed by atoms with Crippen molar-refractivity contribution in [2.75, 3.05) is 6.61 Å². The molecule has 16 heavy (non-hydrogen) atoms. The van der Waals surface area contributed by atoms with E-state index in [2.05, 4.69) is 4.74 Å². The molecule has 0 aromatic carbocycles. The average molecular weight is 223 g/mol. The molecule has 3 aliphatic rings. The standard InChI is InChI=1S/C8H10O2.C4H6O2/c9-7(10)8-3-1-6(5-8)2-4-8;5-4-2-1-3-6-4/h1,3,6H,2,4-5H2,(H,9,10);1-3H2/p-1. The summed E-state index contributed by atoms with van der Waals surface area (Å²) in [5, 5.41) is 10.6. The molecule has 2 aliphatic carbocycles. The predicted molar refractivity (Wildman–Crippen MR) is 54.1 cm³/mol. The lowest BCUT2D eigenvalue weighted by Gasteiger charge is -2.23. The molecule has 3 rings (SSSR count). The van der Waals surface area contributed by atoms with Gasteiger partial charge in [0.1, 0.15) is 0 Å². The zero-order chi connectivity index (χ0) is 11.6. The number of cyclic esters (lactones) is 1. The summed E-state index contributed by atoms with van der Waals surface area (Å²) in [6.07, 6.45) is 7.98. The van der Waals surface area contributed by atoms with E-state index in [0.29, 0.717) is 18.9 Å². The van der Waals surface area contributed by atoms with Gasteiger partial charge >= 0.3 is 5.97 Å². The second kappa shape index (κ2) is 4.28. The van der Waals surface area contributed by atoms with Crippen LogP contribution in [0.3, 0.4) is 0 Å².